The smallest absolute Gasteiger partial charge is 0.274 e. The summed E-state index contributed by atoms with van der Waals surface area (Å²) in [5, 5.41) is 14.2. The summed E-state index contributed by atoms with van der Waals surface area (Å²) in [6.07, 6.45) is 2.84. The fourth-order valence-electron chi connectivity index (χ4n) is 1.91. The fourth-order valence-corrected chi connectivity index (χ4v) is 1.91. The lowest BCUT2D eigenvalue weighted by molar-refractivity contribution is -0.385. The van der Waals surface area contributed by atoms with Crippen LogP contribution < -0.4 is 5.32 Å². The topological polar surface area (TPSA) is 55.2 Å². The van der Waals surface area contributed by atoms with Crippen molar-refractivity contribution in [3.05, 3.63) is 33.9 Å². The van der Waals surface area contributed by atoms with Crippen LogP contribution in [0.5, 0.6) is 0 Å². The molecule has 4 nitrogen and oxygen atoms in total. The highest BCUT2D eigenvalue weighted by atomic mass is 16.6. The van der Waals surface area contributed by atoms with Crippen LogP contribution in [0.2, 0.25) is 0 Å². The average Bonchev–Trinajstić information content (AvgIpc) is 2.29. The van der Waals surface area contributed by atoms with Crippen LogP contribution in [-0.2, 0) is 6.42 Å². The Morgan fingerprint density at radius 3 is 2.65 bits per heavy atom. The molecule has 0 radical (unpaired) electrons. The summed E-state index contributed by atoms with van der Waals surface area (Å²) in [7, 11) is 0. The molecule has 1 N–H and O–H groups in total. The van der Waals surface area contributed by atoms with E-state index in [1.807, 2.05) is 19.1 Å². The molecule has 1 aromatic rings. The van der Waals surface area contributed by atoms with Crippen LogP contribution >= 0.6 is 0 Å². The number of nitrogens with one attached hydrogen (secondary N) is 1. The van der Waals surface area contributed by atoms with Crippen molar-refractivity contribution in [3.63, 3.8) is 0 Å². The second-order valence-electron chi connectivity index (χ2n) is 4.29. The molecule has 0 fully saturated rings. The van der Waals surface area contributed by atoms with Gasteiger partial charge in [0.1, 0.15) is 0 Å². The number of anilines is 1. The zero-order valence-corrected chi connectivity index (χ0v) is 10.7. The number of benzene rings is 1. The molecule has 1 aromatic carbocycles. The lowest BCUT2D eigenvalue weighted by atomic mass is 10.1. The molecule has 0 amide bonds. The van der Waals surface area contributed by atoms with Crippen LogP contribution in [0, 0.1) is 10.1 Å². The molecule has 0 saturated heterocycles. The zero-order chi connectivity index (χ0) is 12.8. The van der Waals surface area contributed by atoms with Gasteiger partial charge in [0.15, 0.2) is 0 Å². The molecule has 1 rings (SSSR count). The Morgan fingerprint density at radius 2 is 2.12 bits per heavy atom. The van der Waals surface area contributed by atoms with E-state index >= 15 is 0 Å². The predicted molar refractivity (Wildman–Crippen MR) is 70.5 cm³/mol. The standard InChI is InChI=1S/C13H20N2O2/c1-4-6-10(3)14-12-8-7-11(5-2)13(9-12)15(16)17/h7-10,14H,4-6H2,1-3H3. The molecular weight excluding hydrogens is 216 g/mol. The number of aryl methyl sites for hydroxylation is 1. The summed E-state index contributed by atoms with van der Waals surface area (Å²) in [5.74, 6) is 0. The molecule has 17 heavy (non-hydrogen) atoms. The van der Waals surface area contributed by atoms with Gasteiger partial charge in [-0.15, -0.1) is 0 Å². The van der Waals surface area contributed by atoms with E-state index < -0.39 is 0 Å². The summed E-state index contributed by atoms with van der Waals surface area (Å²) < 4.78 is 0. The number of nitro benzene ring substituents is 1. The number of nitro groups is 1. The third kappa shape index (κ3) is 3.73. The minimum atomic E-state index is -0.311. The van der Waals surface area contributed by atoms with Crippen LogP contribution in [0.15, 0.2) is 18.2 Å². The van der Waals surface area contributed by atoms with E-state index in [2.05, 4.69) is 19.2 Å². The Hall–Kier alpha value is -1.58. The second kappa shape index (κ2) is 6.23. The minimum absolute atomic E-state index is 0.209. The van der Waals surface area contributed by atoms with Gasteiger partial charge in [-0.05, 0) is 25.8 Å². The summed E-state index contributed by atoms with van der Waals surface area (Å²) >= 11 is 0. The van der Waals surface area contributed by atoms with E-state index in [9.17, 15) is 10.1 Å². The predicted octanol–water partition coefficient (Wildman–Crippen LogP) is 3.76. The number of hydrogen-bond acceptors (Lipinski definition) is 3. The monoisotopic (exact) mass is 236 g/mol. The first-order chi connectivity index (χ1) is 8.08. The van der Waals surface area contributed by atoms with E-state index in [1.165, 1.54) is 0 Å². The van der Waals surface area contributed by atoms with Crippen molar-refractivity contribution in [2.24, 2.45) is 0 Å². The van der Waals surface area contributed by atoms with Gasteiger partial charge in [0.05, 0.1) is 4.92 Å². The maximum Gasteiger partial charge on any atom is 0.274 e. The van der Waals surface area contributed by atoms with Crippen LogP contribution in [0.25, 0.3) is 0 Å². The lowest BCUT2D eigenvalue weighted by Gasteiger charge is -2.14. The summed E-state index contributed by atoms with van der Waals surface area (Å²) in [6.45, 7) is 6.14. The van der Waals surface area contributed by atoms with Gasteiger partial charge in [-0.2, -0.15) is 0 Å². The van der Waals surface area contributed by atoms with E-state index in [0.29, 0.717) is 12.5 Å². The number of rotatable bonds is 6. The largest absolute Gasteiger partial charge is 0.382 e. The van der Waals surface area contributed by atoms with Gasteiger partial charge in [-0.25, -0.2) is 0 Å². The normalized spacial score (nSPS) is 12.2. The molecule has 94 valence electrons. The molecule has 0 aliphatic carbocycles. The quantitative estimate of drug-likeness (QED) is 0.604. The third-order valence-corrected chi connectivity index (χ3v) is 2.80. The SMILES string of the molecule is CCCC(C)Nc1ccc(CC)c([N+](=O)[O-])c1. The Balaban J connectivity index is 2.88. The first-order valence-electron chi connectivity index (χ1n) is 6.12. The highest BCUT2D eigenvalue weighted by Crippen LogP contribution is 2.24. The summed E-state index contributed by atoms with van der Waals surface area (Å²) in [4.78, 5) is 10.6. The average molecular weight is 236 g/mol. The van der Waals surface area contributed by atoms with Crippen molar-refractivity contribution in [1.82, 2.24) is 0 Å². The van der Waals surface area contributed by atoms with Gasteiger partial charge in [0, 0.05) is 23.4 Å². The molecule has 0 saturated carbocycles. The van der Waals surface area contributed by atoms with Crippen molar-refractivity contribution in [3.8, 4) is 0 Å². The van der Waals surface area contributed by atoms with E-state index in [-0.39, 0.29) is 10.6 Å². The molecule has 0 aromatic heterocycles. The molecule has 0 spiro atoms. The summed E-state index contributed by atoms with van der Waals surface area (Å²) in [5.41, 5.74) is 1.82. The first-order valence-corrected chi connectivity index (χ1v) is 6.12. The third-order valence-electron chi connectivity index (χ3n) is 2.80. The first kappa shape index (κ1) is 13.5. The Morgan fingerprint density at radius 1 is 1.41 bits per heavy atom. The fraction of sp³-hybridized carbons (Fsp3) is 0.538. The minimum Gasteiger partial charge on any atom is -0.382 e. The number of hydrogen-bond donors (Lipinski definition) is 1. The van der Waals surface area contributed by atoms with Crippen molar-refractivity contribution in [2.75, 3.05) is 5.32 Å². The van der Waals surface area contributed by atoms with Crippen LogP contribution in [0.4, 0.5) is 11.4 Å². The Labute approximate surface area is 102 Å². The van der Waals surface area contributed by atoms with E-state index in [0.717, 1.165) is 24.1 Å². The van der Waals surface area contributed by atoms with Crippen molar-refractivity contribution in [1.29, 1.82) is 0 Å². The summed E-state index contributed by atoms with van der Waals surface area (Å²) in [6, 6.07) is 5.72. The van der Waals surface area contributed by atoms with Crippen LogP contribution in [0.1, 0.15) is 39.2 Å². The van der Waals surface area contributed by atoms with Gasteiger partial charge < -0.3 is 5.32 Å². The van der Waals surface area contributed by atoms with Crippen molar-refractivity contribution < 1.29 is 4.92 Å². The van der Waals surface area contributed by atoms with Crippen molar-refractivity contribution in [2.45, 2.75) is 46.1 Å². The van der Waals surface area contributed by atoms with Crippen molar-refractivity contribution >= 4 is 11.4 Å². The molecular formula is C13H20N2O2. The Kier molecular flexibility index (Phi) is 4.94. The van der Waals surface area contributed by atoms with Gasteiger partial charge in [-0.1, -0.05) is 26.3 Å². The molecule has 1 atom stereocenters. The zero-order valence-electron chi connectivity index (χ0n) is 10.7. The molecule has 4 heteroatoms. The molecule has 0 aliphatic rings. The molecule has 0 heterocycles. The Bertz CT molecular complexity index is 391. The van der Waals surface area contributed by atoms with Gasteiger partial charge in [0.2, 0.25) is 0 Å². The van der Waals surface area contributed by atoms with E-state index in [4.69, 9.17) is 0 Å². The van der Waals surface area contributed by atoms with Gasteiger partial charge in [0.25, 0.3) is 5.69 Å². The molecule has 1 unspecified atom stereocenters. The lowest BCUT2D eigenvalue weighted by Crippen LogP contribution is -2.14. The van der Waals surface area contributed by atoms with E-state index in [1.54, 1.807) is 6.07 Å². The van der Waals surface area contributed by atoms with Gasteiger partial charge >= 0.3 is 0 Å². The maximum atomic E-state index is 10.9. The van der Waals surface area contributed by atoms with Gasteiger partial charge in [-0.3, -0.25) is 10.1 Å². The molecule has 0 aliphatic heterocycles. The second-order valence-corrected chi connectivity index (χ2v) is 4.29. The number of nitrogens with zero attached hydrogens (tertiary/aromatic N) is 1. The van der Waals surface area contributed by atoms with Crippen LogP contribution in [0.3, 0.4) is 0 Å². The highest BCUT2D eigenvalue weighted by Gasteiger charge is 2.13. The highest BCUT2D eigenvalue weighted by molar-refractivity contribution is 5.55. The molecule has 0 bridgehead atoms. The van der Waals surface area contributed by atoms with Crippen LogP contribution in [-0.4, -0.2) is 11.0 Å². The maximum absolute atomic E-state index is 10.9.